The molecule has 0 amide bonds. The van der Waals surface area contributed by atoms with Crippen LogP contribution in [0.2, 0.25) is 0 Å². The second-order valence-electron chi connectivity index (χ2n) is 5.95. The van der Waals surface area contributed by atoms with Gasteiger partial charge >= 0.3 is 5.97 Å². The van der Waals surface area contributed by atoms with Crippen LogP contribution in [0.5, 0.6) is 0 Å². The van der Waals surface area contributed by atoms with Crippen LogP contribution in [0.25, 0.3) is 0 Å². The van der Waals surface area contributed by atoms with Crippen molar-refractivity contribution >= 4 is 23.5 Å². The Bertz CT molecular complexity index is 486. The van der Waals surface area contributed by atoms with Crippen molar-refractivity contribution in [2.45, 2.75) is 51.9 Å². The fourth-order valence-corrected chi connectivity index (χ4v) is 2.51. The first kappa shape index (κ1) is 17.8. The van der Waals surface area contributed by atoms with Gasteiger partial charge in [0.05, 0.1) is 11.0 Å². The molecule has 1 atom stereocenters. The molecule has 0 N–H and O–H groups in total. The van der Waals surface area contributed by atoms with Crippen molar-refractivity contribution in [3.63, 3.8) is 0 Å². The maximum Gasteiger partial charge on any atom is 0.316 e. The molecule has 0 aromatic heterocycles. The van der Waals surface area contributed by atoms with Crippen molar-refractivity contribution in [1.29, 1.82) is 0 Å². The maximum atomic E-state index is 12.3. The molecule has 1 rings (SSSR count). The van der Waals surface area contributed by atoms with Gasteiger partial charge in [-0.25, -0.2) is 0 Å². The number of aryl methyl sites for hydroxylation is 1. The molecule has 1 aromatic rings. The van der Waals surface area contributed by atoms with Crippen LogP contribution in [0.3, 0.4) is 0 Å². The largest absolute Gasteiger partial charge is 0.459 e. The highest BCUT2D eigenvalue weighted by molar-refractivity contribution is 8.01. The van der Waals surface area contributed by atoms with Crippen LogP contribution in [-0.4, -0.2) is 28.4 Å². The molecule has 0 heterocycles. The van der Waals surface area contributed by atoms with Gasteiger partial charge in [0.2, 0.25) is 0 Å². The van der Waals surface area contributed by atoms with E-state index < -0.39 is 5.60 Å². The number of carbonyl (C=O) groups excluding carboxylic acids is 2. The Morgan fingerprint density at radius 2 is 1.76 bits per heavy atom. The monoisotopic (exact) mass is 308 g/mol. The van der Waals surface area contributed by atoms with E-state index in [1.807, 2.05) is 52.0 Å². The van der Waals surface area contributed by atoms with E-state index in [9.17, 15) is 9.59 Å². The number of rotatable bonds is 6. The molecule has 1 unspecified atom stereocenters. The van der Waals surface area contributed by atoms with Crippen LogP contribution in [0.4, 0.5) is 0 Å². The smallest absolute Gasteiger partial charge is 0.316 e. The molecular formula is C17H24O3S. The van der Waals surface area contributed by atoms with E-state index in [1.165, 1.54) is 17.3 Å². The van der Waals surface area contributed by atoms with Gasteiger partial charge in [-0.3, -0.25) is 9.59 Å². The zero-order chi connectivity index (χ0) is 16.0. The fourth-order valence-electron chi connectivity index (χ4n) is 1.78. The van der Waals surface area contributed by atoms with Gasteiger partial charge in [0.25, 0.3) is 0 Å². The van der Waals surface area contributed by atoms with Crippen LogP contribution < -0.4 is 0 Å². The Kier molecular flexibility index (Phi) is 6.46. The molecule has 0 spiro atoms. The molecule has 0 aliphatic rings. The summed E-state index contributed by atoms with van der Waals surface area (Å²) in [6.07, 6.45) is 0.956. The van der Waals surface area contributed by atoms with Gasteiger partial charge in [0, 0.05) is 5.56 Å². The summed E-state index contributed by atoms with van der Waals surface area (Å²) in [5.41, 5.74) is 1.41. The lowest BCUT2D eigenvalue weighted by Crippen LogP contribution is -2.26. The number of Topliss-reactive ketones (excluding diaryl/α,β-unsaturated/α-hetero) is 1. The third kappa shape index (κ3) is 6.34. The minimum absolute atomic E-state index is 0.0474. The van der Waals surface area contributed by atoms with Crippen molar-refractivity contribution in [2.24, 2.45) is 0 Å². The van der Waals surface area contributed by atoms with Crippen LogP contribution in [-0.2, 0) is 16.0 Å². The van der Waals surface area contributed by atoms with E-state index in [1.54, 1.807) is 0 Å². The molecule has 3 nitrogen and oxygen atoms in total. The highest BCUT2D eigenvalue weighted by Crippen LogP contribution is 2.18. The average molecular weight is 308 g/mol. The lowest BCUT2D eigenvalue weighted by Gasteiger charge is -2.19. The van der Waals surface area contributed by atoms with Gasteiger partial charge < -0.3 is 4.74 Å². The Balaban J connectivity index is 2.52. The molecule has 0 bridgehead atoms. The Hall–Kier alpha value is -1.29. The van der Waals surface area contributed by atoms with Gasteiger partial charge in [-0.05, 0) is 39.7 Å². The molecule has 0 fully saturated rings. The quantitative estimate of drug-likeness (QED) is 0.590. The predicted molar refractivity (Wildman–Crippen MR) is 87.9 cm³/mol. The second kappa shape index (κ2) is 7.64. The highest BCUT2D eigenvalue weighted by Gasteiger charge is 2.20. The predicted octanol–water partition coefficient (Wildman–Crippen LogP) is 3.90. The first-order chi connectivity index (χ1) is 9.73. The van der Waals surface area contributed by atoms with E-state index >= 15 is 0 Å². The van der Waals surface area contributed by atoms with Gasteiger partial charge in [0.1, 0.15) is 5.60 Å². The van der Waals surface area contributed by atoms with Gasteiger partial charge in [0.15, 0.2) is 5.78 Å². The summed E-state index contributed by atoms with van der Waals surface area (Å²) >= 11 is 1.31. The molecule has 0 saturated carbocycles. The molecule has 4 heteroatoms. The Morgan fingerprint density at radius 1 is 1.19 bits per heavy atom. The first-order valence-electron chi connectivity index (χ1n) is 7.19. The first-order valence-corrected chi connectivity index (χ1v) is 8.24. The number of thioether (sulfide) groups is 1. The van der Waals surface area contributed by atoms with Crippen molar-refractivity contribution < 1.29 is 14.3 Å². The number of benzene rings is 1. The van der Waals surface area contributed by atoms with Gasteiger partial charge in [-0.15, -0.1) is 11.8 Å². The molecule has 0 aliphatic heterocycles. The van der Waals surface area contributed by atoms with E-state index in [0.29, 0.717) is 5.56 Å². The topological polar surface area (TPSA) is 43.4 Å². The molecule has 0 radical (unpaired) electrons. The number of ether oxygens (including phenoxy) is 1. The number of carbonyl (C=O) groups is 2. The molecule has 116 valence electrons. The van der Waals surface area contributed by atoms with E-state index in [2.05, 4.69) is 6.92 Å². The lowest BCUT2D eigenvalue weighted by molar-refractivity contribution is -0.151. The summed E-state index contributed by atoms with van der Waals surface area (Å²) in [6.45, 7) is 9.40. The summed E-state index contributed by atoms with van der Waals surface area (Å²) in [7, 11) is 0. The summed E-state index contributed by atoms with van der Waals surface area (Å²) in [4.78, 5) is 23.9. The van der Waals surface area contributed by atoms with Crippen LogP contribution in [0.15, 0.2) is 24.3 Å². The van der Waals surface area contributed by atoms with Crippen LogP contribution in [0.1, 0.15) is 50.5 Å². The van der Waals surface area contributed by atoms with Crippen molar-refractivity contribution in [3.8, 4) is 0 Å². The van der Waals surface area contributed by atoms with Crippen LogP contribution in [0, 0.1) is 0 Å². The third-order valence-electron chi connectivity index (χ3n) is 2.89. The van der Waals surface area contributed by atoms with E-state index in [-0.39, 0.29) is 22.8 Å². The minimum Gasteiger partial charge on any atom is -0.459 e. The lowest BCUT2D eigenvalue weighted by atomic mass is 10.1. The second-order valence-corrected chi connectivity index (χ2v) is 7.28. The molecular weight excluding hydrogens is 284 g/mol. The number of ketones is 1. The summed E-state index contributed by atoms with van der Waals surface area (Å²) in [5.74, 6) is -0.0447. The summed E-state index contributed by atoms with van der Waals surface area (Å²) in [5, 5.41) is -0.259. The number of esters is 1. The van der Waals surface area contributed by atoms with Crippen molar-refractivity contribution in [1.82, 2.24) is 0 Å². The van der Waals surface area contributed by atoms with E-state index in [0.717, 1.165) is 6.42 Å². The fraction of sp³-hybridized carbons (Fsp3) is 0.529. The normalized spacial score (nSPS) is 12.8. The van der Waals surface area contributed by atoms with E-state index in [4.69, 9.17) is 4.74 Å². The zero-order valence-corrected chi connectivity index (χ0v) is 14.3. The molecule has 1 aromatic carbocycles. The summed E-state index contributed by atoms with van der Waals surface area (Å²) in [6, 6.07) is 7.65. The average Bonchev–Trinajstić information content (AvgIpc) is 2.42. The van der Waals surface area contributed by atoms with Gasteiger partial charge in [-0.1, -0.05) is 31.2 Å². The molecule has 0 aliphatic carbocycles. The molecule has 21 heavy (non-hydrogen) atoms. The third-order valence-corrected chi connectivity index (χ3v) is 4.00. The van der Waals surface area contributed by atoms with Gasteiger partial charge in [-0.2, -0.15) is 0 Å². The Morgan fingerprint density at radius 3 is 2.24 bits per heavy atom. The van der Waals surface area contributed by atoms with Crippen molar-refractivity contribution in [3.05, 3.63) is 35.4 Å². The van der Waals surface area contributed by atoms with Crippen LogP contribution >= 0.6 is 11.8 Å². The summed E-state index contributed by atoms with van der Waals surface area (Å²) < 4.78 is 5.23. The number of hydrogen-bond acceptors (Lipinski definition) is 4. The minimum atomic E-state index is -0.485. The molecule has 0 saturated heterocycles. The number of hydrogen-bond donors (Lipinski definition) is 0. The SMILES string of the molecule is CCc1ccc(C(=O)C(C)SCC(=O)OC(C)(C)C)cc1. The standard InChI is InChI=1S/C17H24O3S/c1-6-13-7-9-14(10-8-13)16(19)12(2)21-11-15(18)20-17(3,4)5/h7-10,12H,6,11H2,1-5H3. The Labute approximate surface area is 131 Å². The maximum absolute atomic E-state index is 12.3. The zero-order valence-electron chi connectivity index (χ0n) is 13.4. The van der Waals surface area contributed by atoms with Crippen molar-refractivity contribution in [2.75, 3.05) is 5.75 Å². The highest BCUT2D eigenvalue weighted by atomic mass is 32.2.